The van der Waals surface area contributed by atoms with Gasteiger partial charge in [0, 0.05) is 28.7 Å². The highest BCUT2D eigenvalue weighted by Crippen LogP contribution is 2.43. The van der Waals surface area contributed by atoms with Crippen LogP contribution in [-0.4, -0.2) is 21.8 Å². The number of aliphatic hydroxyl groups excluding tert-OH is 1. The molecule has 0 aliphatic carbocycles. The molecular weight excluding hydrogens is 400 g/mol. The van der Waals surface area contributed by atoms with Crippen LogP contribution in [0.1, 0.15) is 28.3 Å². The predicted molar refractivity (Wildman–Crippen MR) is 116 cm³/mol. The van der Waals surface area contributed by atoms with Gasteiger partial charge in [-0.15, -0.1) is 0 Å². The first kappa shape index (κ1) is 19.9. The fraction of sp³-hybridized carbons (Fsp3) is 0.125. The molecule has 0 bridgehead atoms. The minimum atomic E-state index is -0.774. The van der Waals surface area contributed by atoms with Gasteiger partial charge in [0.25, 0.3) is 11.7 Å². The molecule has 1 aliphatic rings. The molecule has 1 N–H and O–H groups in total. The molecule has 0 saturated carbocycles. The minimum absolute atomic E-state index is 0.0365. The Morgan fingerprint density at radius 2 is 1.67 bits per heavy atom. The van der Waals surface area contributed by atoms with E-state index >= 15 is 0 Å². The quantitative estimate of drug-likeness (QED) is 0.370. The molecule has 6 heteroatoms. The summed E-state index contributed by atoms with van der Waals surface area (Å²) in [7, 11) is 0. The summed E-state index contributed by atoms with van der Waals surface area (Å²) >= 11 is 5.95. The highest BCUT2D eigenvalue weighted by atomic mass is 35.5. The van der Waals surface area contributed by atoms with Crippen molar-refractivity contribution in [2.24, 2.45) is 0 Å². The van der Waals surface area contributed by atoms with Gasteiger partial charge in [-0.1, -0.05) is 23.7 Å². The molecule has 1 amide bonds. The van der Waals surface area contributed by atoms with E-state index < -0.39 is 17.7 Å². The summed E-state index contributed by atoms with van der Waals surface area (Å²) in [4.78, 5) is 31.7. The van der Waals surface area contributed by atoms with Gasteiger partial charge in [0.1, 0.15) is 5.76 Å². The van der Waals surface area contributed by atoms with Crippen LogP contribution in [0, 0.1) is 13.8 Å². The Kier molecular flexibility index (Phi) is 5.14. The van der Waals surface area contributed by atoms with E-state index in [1.807, 2.05) is 32.0 Å². The van der Waals surface area contributed by atoms with E-state index in [0.717, 1.165) is 11.1 Å². The van der Waals surface area contributed by atoms with Crippen LogP contribution in [0.4, 0.5) is 5.69 Å². The summed E-state index contributed by atoms with van der Waals surface area (Å²) in [6.45, 7) is 3.81. The van der Waals surface area contributed by atoms with E-state index in [1.165, 1.54) is 4.90 Å². The molecule has 1 fully saturated rings. The summed E-state index contributed by atoms with van der Waals surface area (Å²) in [6.07, 6.45) is 3.20. The Labute approximate surface area is 179 Å². The van der Waals surface area contributed by atoms with Gasteiger partial charge >= 0.3 is 0 Å². The number of carbonyl (C=O) groups excluding carboxylic acids is 2. The molecule has 1 aromatic heterocycles. The maximum atomic E-state index is 13.1. The first-order valence-corrected chi connectivity index (χ1v) is 9.80. The van der Waals surface area contributed by atoms with Gasteiger partial charge in [0.15, 0.2) is 0 Å². The van der Waals surface area contributed by atoms with Crippen LogP contribution in [0.25, 0.3) is 5.76 Å². The number of benzene rings is 2. The Morgan fingerprint density at radius 3 is 2.33 bits per heavy atom. The van der Waals surface area contributed by atoms with Crippen molar-refractivity contribution in [2.75, 3.05) is 4.90 Å². The molecule has 1 aliphatic heterocycles. The average molecular weight is 419 g/mol. The molecule has 0 radical (unpaired) electrons. The molecule has 1 atom stereocenters. The van der Waals surface area contributed by atoms with E-state index in [0.29, 0.717) is 21.8 Å². The van der Waals surface area contributed by atoms with E-state index in [2.05, 4.69) is 4.98 Å². The zero-order valence-electron chi connectivity index (χ0n) is 16.5. The highest BCUT2D eigenvalue weighted by Gasteiger charge is 2.47. The van der Waals surface area contributed by atoms with E-state index in [4.69, 9.17) is 11.6 Å². The number of rotatable bonds is 3. The van der Waals surface area contributed by atoms with Gasteiger partial charge in [-0.2, -0.15) is 0 Å². The second kappa shape index (κ2) is 7.76. The Hall–Kier alpha value is -3.44. The molecule has 4 rings (SSSR count). The molecule has 5 nitrogen and oxygen atoms in total. The van der Waals surface area contributed by atoms with Crippen molar-refractivity contribution in [3.63, 3.8) is 0 Å². The van der Waals surface area contributed by atoms with Gasteiger partial charge in [0.05, 0.1) is 11.6 Å². The maximum Gasteiger partial charge on any atom is 0.300 e. The number of Topliss-reactive ketones (excluding diaryl/α,β-unsaturated/α-hetero) is 1. The summed E-state index contributed by atoms with van der Waals surface area (Å²) in [5.74, 6) is -1.65. The molecular formula is C24H19ClN2O3. The van der Waals surface area contributed by atoms with Gasteiger partial charge < -0.3 is 5.11 Å². The normalized spacial score (nSPS) is 18.1. The number of pyridine rings is 1. The van der Waals surface area contributed by atoms with Crippen molar-refractivity contribution < 1.29 is 14.7 Å². The van der Waals surface area contributed by atoms with Crippen LogP contribution in [0.15, 0.2) is 72.6 Å². The maximum absolute atomic E-state index is 13.1. The second-order valence-electron chi connectivity index (χ2n) is 7.25. The third-order valence-electron chi connectivity index (χ3n) is 5.21. The lowest BCUT2D eigenvalue weighted by atomic mass is 9.95. The lowest BCUT2D eigenvalue weighted by molar-refractivity contribution is -0.132. The SMILES string of the molecule is Cc1ccc(C)c(N2C(=O)C(=O)/C(=C(/O)c3ccc(Cl)cc3)C2c2ccncc2)c1. The molecule has 150 valence electrons. The zero-order valence-corrected chi connectivity index (χ0v) is 17.2. The van der Waals surface area contributed by atoms with Crippen LogP contribution in [0.3, 0.4) is 0 Å². The molecule has 30 heavy (non-hydrogen) atoms. The van der Waals surface area contributed by atoms with Gasteiger partial charge in [-0.3, -0.25) is 19.5 Å². The number of amides is 1. The molecule has 1 saturated heterocycles. The summed E-state index contributed by atoms with van der Waals surface area (Å²) in [5, 5.41) is 11.5. The summed E-state index contributed by atoms with van der Waals surface area (Å²) < 4.78 is 0. The van der Waals surface area contributed by atoms with Crippen molar-refractivity contribution in [3.05, 3.63) is 99.8 Å². The van der Waals surface area contributed by atoms with Gasteiger partial charge in [0.2, 0.25) is 0 Å². The first-order chi connectivity index (χ1) is 14.4. The van der Waals surface area contributed by atoms with Crippen LogP contribution >= 0.6 is 11.6 Å². The molecule has 1 unspecified atom stereocenters. The van der Waals surface area contributed by atoms with E-state index in [9.17, 15) is 14.7 Å². The average Bonchev–Trinajstić information content (AvgIpc) is 3.01. The Morgan fingerprint density at radius 1 is 1.00 bits per heavy atom. The number of aromatic nitrogens is 1. The third-order valence-corrected chi connectivity index (χ3v) is 5.46. The fourth-order valence-corrected chi connectivity index (χ4v) is 3.81. The van der Waals surface area contributed by atoms with Gasteiger partial charge in [-0.25, -0.2) is 0 Å². The highest BCUT2D eigenvalue weighted by molar-refractivity contribution is 6.51. The molecule has 0 spiro atoms. The number of aryl methyl sites for hydroxylation is 2. The summed E-state index contributed by atoms with van der Waals surface area (Å²) in [5.41, 5.74) is 3.58. The van der Waals surface area contributed by atoms with Crippen molar-refractivity contribution in [1.82, 2.24) is 4.98 Å². The predicted octanol–water partition coefficient (Wildman–Crippen LogP) is 4.98. The fourth-order valence-electron chi connectivity index (χ4n) is 3.68. The standard InChI is InChI=1S/C24H19ClN2O3/c1-14-3-4-15(2)19(13-14)27-21(16-9-11-26-12-10-16)20(23(29)24(27)30)22(28)17-5-7-18(25)8-6-17/h3-13,21,28H,1-2H3/b22-20+. The molecule has 3 aromatic rings. The number of halogens is 1. The number of hydrogen-bond donors (Lipinski definition) is 1. The van der Waals surface area contributed by atoms with Crippen molar-refractivity contribution in [3.8, 4) is 0 Å². The third kappa shape index (κ3) is 3.37. The topological polar surface area (TPSA) is 70.5 Å². The second-order valence-corrected chi connectivity index (χ2v) is 7.68. The van der Waals surface area contributed by atoms with E-state index in [1.54, 1.807) is 48.8 Å². The molecule has 2 aromatic carbocycles. The number of anilines is 1. The number of carbonyl (C=O) groups is 2. The van der Waals surface area contributed by atoms with Crippen LogP contribution in [0.5, 0.6) is 0 Å². The molecule has 2 heterocycles. The van der Waals surface area contributed by atoms with E-state index in [-0.39, 0.29) is 11.3 Å². The van der Waals surface area contributed by atoms with Crippen LogP contribution in [-0.2, 0) is 9.59 Å². The van der Waals surface area contributed by atoms with Crippen LogP contribution < -0.4 is 4.90 Å². The minimum Gasteiger partial charge on any atom is -0.507 e. The smallest absolute Gasteiger partial charge is 0.300 e. The number of aliphatic hydroxyl groups is 1. The monoisotopic (exact) mass is 418 g/mol. The number of nitrogens with zero attached hydrogens (tertiary/aromatic N) is 2. The van der Waals surface area contributed by atoms with Crippen LogP contribution in [0.2, 0.25) is 5.02 Å². The Bertz CT molecular complexity index is 1170. The van der Waals surface area contributed by atoms with Gasteiger partial charge in [-0.05, 0) is 73.0 Å². The Balaban J connectivity index is 1.97. The number of hydrogen-bond acceptors (Lipinski definition) is 4. The van der Waals surface area contributed by atoms with Crippen molar-refractivity contribution in [1.29, 1.82) is 0 Å². The zero-order chi connectivity index (χ0) is 21.4. The summed E-state index contributed by atoms with van der Waals surface area (Å²) in [6, 6.07) is 14.9. The lowest BCUT2D eigenvalue weighted by Gasteiger charge is -2.27. The largest absolute Gasteiger partial charge is 0.507 e. The first-order valence-electron chi connectivity index (χ1n) is 9.42. The lowest BCUT2D eigenvalue weighted by Crippen LogP contribution is -2.30. The van der Waals surface area contributed by atoms with Crippen molar-refractivity contribution in [2.45, 2.75) is 19.9 Å². The van der Waals surface area contributed by atoms with Crippen molar-refractivity contribution >= 4 is 34.7 Å². The number of ketones is 1.